The first-order chi connectivity index (χ1) is 16.9. The van der Waals surface area contributed by atoms with E-state index in [2.05, 4.69) is 10.2 Å². The van der Waals surface area contributed by atoms with Crippen LogP contribution in [0.15, 0.2) is 36.4 Å². The van der Waals surface area contributed by atoms with Crippen LogP contribution in [0.25, 0.3) is 0 Å². The highest BCUT2D eigenvalue weighted by Gasteiger charge is 2.24. The van der Waals surface area contributed by atoms with Gasteiger partial charge in [0.05, 0.1) is 17.1 Å². The summed E-state index contributed by atoms with van der Waals surface area (Å²) in [6.07, 6.45) is 0. The zero-order valence-electron chi connectivity index (χ0n) is 19.0. The first-order valence-corrected chi connectivity index (χ1v) is 11.1. The number of nitro benzene ring substituents is 1. The second-order valence-electron chi connectivity index (χ2n) is 8.06. The third kappa shape index (κ3) is 5.97. The minimum Gasteiger partial charge on any atom is -0.454 e. The van der Waals surface area contributed by atoms with Crippen molar-refractivity contribution in [2.75, 3.05) is 58.0 Å². The summed E-state index contributed by atoms with van der Waals surface area (Å²) in [5.41, 5.74) is 1.01. The highest BCUT2D eigenvalue weighted by atomic mass is 16.7. The average Bonchev–Trinajstić information content (AvgIpc) is 3.34. The van der Waals surface area contributed by atoms with Crippen LogP contribution in [-0.2, 0) is 16.1 Å². The van der Waals surface area contributed by atoms with Crippen LogP contribution in [0.4, 0.5) is 11.4 Å². The van der Waals surface area contributed by atoms with E-state index < -0.39 is 17.5 Å². The molecule has 1 saturated heterocycles. The molecule has 2 aliphatic heterocycles. The summed E-state index contributed by atoms with van der Waals surface area (Å²) < 4.78 is 15.9. The van der Waals surface area contributed by atoms with Gasteiger partial charge in [-0.3, -0.25) is 19.8 Å². The number of hydrogen-bond donors (Lipinski definition) is 2. The number of piperazine rings is 1. The van der Waals surface area contributed by atoms with Crippen molar-refractivity contribution in [1.82, 2.24) is 9.80 Å². The number of fused-ring (bicyclic) bond motifs is 1. The van der Waals surface area contributed by atoms with E-state index in [4.69, 9.17) is 19.3 Å². The Morgan fingerprint density at radius 2 is 1.86 bits per heavy atom. The molecule has 35 heavy (non-hydrogen) atoms. The minimum atomic E-state index is -0.857. The van der Waals surface area contributed by atoms with Crippen LogP contribution in [0, 0.1) is 10.1 Å². The van der Waals surface area contributed by atoms with Gasteiger partial charge in [0, 0.05) is 57.1 Å². The maximum Gasteiger partial charge on any atom is 0.341 e. The smallest absolute Gasteiger partial charge is 0.341 e. The van der Waals surface area contributed by atoms with E-state index in [1.165, 1.54) is 12.1 Å². The Hall–Kier alpha value is -3.90. The molecule has 2 aliphatic rings. The fraction of sp³-hybridized carbons (Fsp3) is 0.391. The van der Waals surface area contributed by atoms with E-state index in [0.717, 1.165) is 23.1 Å². The Bertz CT molecular complexity index is 1100. The molecule has 0 saturated carbocycles. The molecule has 186 valence electrons. The van der Waals surface area contributed by atoms with Crippen LogP contribution in [0.2, 0.25) is 0 Å². The van der Waals surface area contributed by atoms with E-state index in [1.54, 1.807) is 4.90 Å². The molecule has 0 aromatic heterocycles. The third-order valence-electron chi connectivity index (χ3n) is 5.76. The van der Waals surface area contributed by atoms with Crippen molar-refractivity contribution in [2.24, 2.45) is 0 Å². The molecule has 0 radical (unpaired) electrons. The van der Waals surface area contributed by atoms with E-state index >= 15 is 0 Å². The molecular weight excluding hydrogens is 460 g/mol. The predicted molar refractivity (Wildman–Crippen MR) is 123 cm³/mol. The zero-order chi connectivity index (χ0) is 24.8. The number of non-ortho nitro benzene ring substituents is 1. The summed E-state index contributed by atoms with van der Waals surface area (Å²) in [7, 11) is 0. The lowest BCUT2D eigenvalue weighted by atomic mass is 10.1. The van der Waals surface area contributed by atoms with E-state index in [0.29, 0.717) is 32.7 Å². The monoisotopic (exact) mass is 486 g/mol. The zero-order valence-corrected chi connectivity index (χ0v) is 19.0. The quantitative estimate of drug-likeness (QED) is 0.302. The van der Waals surface area contributed by atoms with Crippen molar-refractivity contribution in [1.29, 1.82) is 0 Å². The first-order valence-electron chi connectivity index (χ1n) is 11.1. The molecule has 12 heteroatoms. The molecule has 0 unspecified atom stereocenters. The fourth-order valence-electron chi connectivity index (χ4n) is 3.91. The number of amides is 1. The third-order valence-corrected chi connectivity index (χ3v) is 5.76. The fourth-order valence-corrected chi connectivity index (χ4v) is 3.91. The predicted octanol–water partition coefficient (Wildman–Crippen LogP) is 1.23. The number of rotatable bonds is 9. The van der Waals surface area contributed by atoms with Gasteiger partial charge in [-0.25, -0.2) is 4.79 Å². The van der Waals surface area contributed by atoms with Gasteiger partial charge in [0.15, 0.2) is 18.1 Å². The molecule has 1 fully saturated rings. The Labute approximate surface area is 201 Å². The van der Waals surface area contributed by atoms with E-state index in [-0.39, 0.29) is 42.8 Å². The number of aliphatic hydroxyl groups excluding tert-OH is 1. The standard InChI is InChI=1S/C23H26N4O8/c28-10-5-24-19-3-2-17(27(31)32)12-18(19)23(30)33-14-22(29)26-8-6-25(7-9-26)13-16-1-4-20-21(11-16)35-15-34-20/h1-4,11-12,24,28H,5-10,13-15H2. The normalized spacial score (nSPS) is 15.1. The molecule has 4 rings (SSSR count). The van der Waals surface area contributed by atoms with Gasteiger partial charge in [0.1, 0.15) is 0 Å². The number of hydrogen-bond acceptors (Lipinski definition) is 10. The number of nitro groups is 1. The van der Waals surface area contributed by atoms with Crippen molar-refractivity contribution in [3.8, 4) is 11.5 Å². The van der Waals surface area contributed by atoms with Crippen molar-refractivity contribution >= 4 is 23.3 Å². The molecular formula is C23H26N4O8. The molecule has 0 spiro atoms. The molecule has 12 nitrogen and oxygen atoms in total. The van der Waals surface area contributed by atoms with Crippen molar-refractivity contribution in [3.05, 3.63) is 57.6 Å². The summed E-state index contributed by atoms with van der Waals surface area (Å²) in [5.74, 6) is 0.275. The van der Waals surface area contributed by atoms with Crippen molar-refractivity contribution < 1.29 is 33.8 Å². The molecule has 1 amide bonds. The van der Waals surface area contributed by atoms with Crippen LogP contribution in [0.5, 0.6) is 11.5 Å². The van der Waals surface area contributed by atoms with E-state index in [1.807, 2.05) is 18.2 Å². The molecule has 0 atom stereocenters. The summed E-state index contributed by atoms with van der Waals surface area (Å²) >= 11 is 0. The number of nitrogens with zero attached hydrogens (tertiary/aromatic N) is 3. The van der Waals surface area contributed by atoms with Gasteiger partial charge in [-0.1, -0.05) is 6.07 Å². The van der Waals surface area contributed by atoms with Gasteiger partial charge in [-0.05, 0) is 23.8 Å². The van der Waals surface area contributed by atoms with Crippen molar-refractivity contribution in [3.63, 3.8) is 0 Å². The summed E-state index contributed by atoms with van der Waals surface area (Å²) in [4.78, 5) is 39.5. The largest absolute Gasteiger partial charge is 0.454 e. The maximum atomic E-state index is 12.6. The molecule has 0 aliphatic carbocycles. The number of nitrogens with one attached hydrogen (secondary N) is 1. The number of anilines is 1. The summed E-state index contributed by atoms with van der Waals surface area (Å²) in [6, 6.07) is 9.52. The first kappa shape index (κ1) is 24.2. The summed E-state index contributed by atoms with van der Waals surface area (Å²) in [5, 5.41) is 22.9. The lowest BCUT2D eigenvalue weighted by Gasteiger charge is -2.34. The number of aliphatic hydroxyl groups is 1. The number of carbonyl (C=O) groups excluding carboxylic acids is 2. The lowest BCUT2D eigenvalue weighted by molar-refractivity contribution is -0.384. The van der Waals surface area contributed by atoms with Crippen LogP contribution in [0.3, 0.4) is 0 Å². The Morgan fingerprint density at radius 1 is 1.09 bits per heavy atom. The van der Waals surface area contributed by atoms with Gasteiger partial charge in [0.25, 0.3) is 11.6 Å². The number of carbonyl (C=O) groups is 2. The highest BCUT2D eigenvalue weighted by molar-refractivity contribution is 5.97. The second kappa shape index (κ2) is 11.0. The van der Waals surface area contributed by atoms with Crippen LogP contribution in [-0.4, -0.2) is 84.4 Å². The lowest BCUT2D eigenvalue weighted by Crippen LogP contribution is -2.49. The van der Waals surface area contributed by atoms with Crippen LogP contribution in [0.1, 0.15) is 15.9 Å². The van der Waals surface area contributed by atoms with Gasteiger partial charge >= 0.3 is 5.97 Å². The molecule has 2 aromatic carbocycles. The Balaban J connectivity index is 1.28. The molecule has 2 heterocycles. The SMILES string of the molecule is O=C(OCC(=O)N1CCN(Cc2ccc3c(c2)OCO3)CC1)c1cc([N+](=O)[O-])ccc1NCCO. The molecule has 2 aromatic rings. The topological polar surface area (TPSA) is 144 Å². The maximum absolute atomic E-state index is 12.6. The van der Waals surface area contributed by atoms with Crippen LogP contribution < -0.4 is 14.8 Å². The minimum absolute atomic E-state index is 0.0750. The van der Waals surface area contributed by atoms with Gasteiger partial charge in [-0.2, -0.15) is 0 Å². The Kier molecular flexibility index (Phi) is 7.63. The summed E-state index contributed by atoms with van der Waals surface area (Å²) in [6.45, 7) is 2.72. The molecule has 2 N–H and O–H groups in total. The molecule has 0 bridgehead atoms. The van der Waals surface area contributed by atoms with E-state index in [9.17, 15) is 19.7 Å². The van der Waals surface area contributed by atoms with Gasteiger partial charge < -0.3 is 29.5 Å². The van der Waals surface area contributed by atoms with Crippen LogP contribution >= 0.6 is 0 Å². The average molecular weight is 486 g/mol. The number of esters is 1. The number of benzene rings is 2. The Morgan fingerprint density at radius 3 is 2.60 bits per heavy atom. The number of ether oxygens (including phenoxy) is 3. The second-order valence-corrected chi connectivity index (χ2v) is 8.06. The van der Waals surface area contributed by atoms with Gasteiger partial charge in [-0.15, -0.1) is 0 Å². The highest BCUT2D eigenvalue weighted by Crippen LogP contribution is 2.33. The van der Waals surface area contributed by atoms with Crippen molar-refractivity contribution in [2.45, 2.75) is 6.54 Å². The van der Waals surface area contributed by atoms with Gasteiger partial charge in [0.2, 0.25) is 6.79 Å².